The molecule has 0 saturated carbocycles. The number of hydrogen-bond donors (Lipinski definition) is 1. The number of nitrogens with zero attached hydrogens (tertiary/aromatic N) is 1. The molecular weight excluding hydrogens is 232 g/mol. The van der Waals surface area contributed by atoms with E-state index in [0.29, 0.717) is 19.0 Å². The molecule has 5 heteroatoms. The molecule has 2 unspecified atom stereocenters. The van der Waals surface area contributed by atoms with Crippen LogP contribution in [0.15, 0.2) is 18.3 Å². The topological polar surface area (TPSA) is 60.5 Å². The first-order valence-electron chi connectivity index (χ1n) is 6.13. The third-order valence-corrected chi connectivity index (χ3v) is 3.20. The lowest BCUT2D eigenvalue weighted by Crippen LogP contribution is -2.24. The average molecular weight is 250 g/mol. The minimum Gasteiger partial charge on any atom is -0.481 e. The van der Waals surface area contributed by atoms with Gasteiger partial charge in [-0.05, 0) is 12.5 Å². The van der Waals surface area contributed by atoms with Crippen LogP contribution in [0.5, 0.6) is 5.88 Å². The maximum absolute atomic E-state index is 11.8. The number of ether oxygens (including phenoxy) is 2. The van der Waals surface area contributed by atoms with Gasteiger partial charge in [0.2, 0.25) is 5.88 Å². The third kappa shape index (κ3) is 2.61. The molecule has 2 rings (SSSR count). The number of pyridine rings is 1. The summed E-state index contributed by atoms with van der Waals surface area (Å²) < 4.78 is 10.1. The highest BCUT2D eigenvalue weighted by atomic mass is 16.5. The summed E-state index contributed by atoms with van der Waals surface area (Å²) in [6, 6.07) is 3.77. The lowest BCUT2D eigenvalue weighted by Gasteiger charge is -2.17. The van der Waals surface area contributed by atoms with Gasteiger partial charge in [0.05, 0.1) is 19.6 Å². The summed E-state index contributed by atoms with van der Waals surface area (Å²) in [7, 11) is 1.58. The zero-order valence-corrected chi connectivity index (χ0v) is 10.7. The van der Waals surface area contributed by atoms with Crippen molar-refractivity contribution in [2.75, 3.05) is 26.8 Å². The van der Waals surface area contributed by atoms with Crippen molar-refractivity contribution in [2.45, 2.75) is 12.8 Å². The molecule has 0 bridgehead atoms. The SMILES string of the molecule is CCOC(=O)C1CNCC1c1ccc(OC)nc1. The van der Waals surface area contributed by atoms with E-state index in [1.165, 1.54) is 0 Å². The van der Waals surface area contributed by atoms with Crippen LogP contribution in [0.4, 0.5) is 0 Å². The Kier molecular flexibility index (Phi) is 4.15. The Labute approximate surface area is 107 Å². The quantitative estimate of drug-likeness (QED) is 0.806. The Balaban J connectivity index is 2.12. The fourth-order valence-corrected chi connectivity index (χ4v) is 2.26. The predicted molar refractivity (Wildman–Crippen MR) is 66.5 cm³/mol. The van der Waals surface area contributed by atoms with Crippen LogP contribution in [0.2, 0.25) is 0 Å². The van der Waals surface area contributed by atoms with Crippen molar-refractivity contribution >= 4 is 5.97 Å². The van der Waals surface area contributed by atoms with Crippen molar-refractivity contribution < 1.29 is 14.3 Å². The van der Waals surface area contributed by atoms with Crippen LogP contribution in [0.1, 0.15) is 18.4 Å². The highest BCUT2D eigenvalue weighted by Crippen LogP contribution is 2.29. The van der Waals surface area contributed by atoms with Crippen LogP contribution in [-0.2, 0) is 9.53 Å². The van der Waals surface area contributed by atoms with Gasteiger partial charge in [-0.2, -0.15) is 0 Å². The Hall–Kier alpha value is -1.62. The van der Waals surface area contributed by atoms with E-state index in [9.17, 15) is 4.79 Å². The second-order valence-corrected chi connectivity index (χ2v) is 4.26. The molecule has 18 heavy (non-hydrogen) atoms. The smallest absolute Gasteiger partial charge is 0.310 e. The van der Waals surface area contributed by atoms with Crippen LogP contribution in [0, 0.1) is 5.92 Å². The molecule has 0 aromatic carbocycles. The fraction of sp³-hybridized carbons (Fsp3) is 0.538. The summed E-state index contributed by atoms with van der Waals surface area (Å²) in [4.78, 5) is 16.0. The van der Waals surface area contributed by atoms with E-state index >= 15 is 0 Å². The van der Waals surface area contributed by atoms with E-state index in [1.54, 1.807) is 13.3 Å². The Morgan fingerprint density at radius 1 is 1.50 bits per heavy atom. The number of methoxy groups -OCH3 is 1. The lowest BCUT2D eigenvalue weighted by atomic mass is 9.90. The molecule has 1 aromatic rings. The molecule has 1 aromatic heterocycles. The molecule has 0 radical (unpaired) electrons. The lowest BCUT2D eigenvalue weighted by molar-refractivity contribution is -0.147. The van der Waals surface area contributed by atoms with Gasteiger partial charge in [0.1, 0.15) is 0 Å². The summed E-state index contributed by atoms with van der Waals surface area (Å²) in [5, 5.41) is 3.23. The second-order valence-electron chi connectivity index (χ2n) is 4.26. The van der Waals surface area contributed by atoms with Gasteiger partial charge in [0.15, 0.2) is 0 Å². The molecule has 2 atom stereocenters. The minimum atomic E-state index is -0.136. The molecule has 0 spiro atoms. The summed E-state index contributed by atoms with van der Waals surface area (Å²) in [6.07, 6.45) is 1.77. The van der Waals surface area contributed by atoms with Crippen LogP contribution in [0.25, 0.3) is 0 Å². The molecule has 1 saturated heterocycles. The van der Waals surface area contributed by atoms with Crippen molar-refractivity contribution in [3.8, 4) is 5.88 Å². The Morgan fingerprint density at radius 3 is 2.94 bits per heavy atom. The number of hydrogen-bond acceptors (Lipinski definition) is 5. The maximum Gasteiger partial charge on any atom is 0.310 e. The van der Waals surface area contributed by atoms with Gasteiger partial charge in [0.25, 0.3) is 0 Å². The van der Waals surface area contributed by atoms with E-state index in [1.807, 2.05) is 19.1 Å². The van der Waals surface area contributed by atoms with Crippen LogP contribution >= 0.6 is 0 Å². The first-order valence-corrected chi connectivity index (χ1v) is 6.13. The van der Waals surface area contributed by atoms with Crippen molar-refractivity contribution in [2.24, 2.45) is 5.92 Å². The van der Waals surface area contributed by atoms with E-state index in [0.717, 1.165) is 12.1 Å². The number of rotatable bonds is 4. The van der Waals surface area contributed by atoms with Crippen molar-refractivity contribution in [3.63, 3.8) is 0 Å². The fourth-order valence-electron chi connectivity index (χ4n) is 2.26. The third-order valence-electron chi connectivity index (χ3n) is 3.20. The van der Waals surface area contributed by atoms with E-state index in [2.05, 4.69) is 10.3 Å². The molecular formula is C13H18N2O3. The maximum atomic E-state index is 11.8. The average Bonchev–Trinajstić information content (AvgIpc) is 2.88. The normalized spacial score (nSPS) is 22.8. The van der Waals surface area contributed by atoms with Crippen molar-refractivity contribution in [3.05, 3.63) is 23.9 Å². The Bertz CT molecular complexity index is 405. The molecule has 1 aliphatic heterocycles. The monoisotopic (exact) mass is 250 g/mol. The Morgan fingerprint density at radius 2 is 2.33 bits per heavy atom. The first kappa shape index (κ1) is 12.8. The van der Waals surface area contributed by atoms with Gasteiger partial charge in [-0.3, -0.25) is 4.79 Å². The molecule has 0 amide bonds. The van der Waals surface area contributed by atoms with Gasteiger partial charge in [0, 0.05) is 31.3 Å². The summed E-state index contributed by atoms with van der Waals surface area (Å²) in [6.45, 7) is 3.68. The van der Waals surface area contributed by atoms with Gasteiger partial charge in [-0.15, -0.1) is 0 Å². The minimum absolute atomic E-state index is 0.125. The first-order chi connectivity index (χ1) is 8.76. The van der Waals surface area contributed by atoms with Crippen molar-refractivity contribution in [1.29, 1.82) is 0 Å². The second kappa shape index (κ2) is 5.82. The van der Waals surface area contributed by atoms with Gasteiger partial charge in [-0.25, -0.2) is 4.98 Å². The predicted octanol–water partition coefficient (Wildman–Crippen LogP) is 0.956. The zero-order valence-electron chi connectivity index (χ0n) is 10.7. The summed E-state index contributed by atoms with van der Waals surface area (Å²) in [5.74, 6) is 0.448. The number of carbonyl (C=O) groups is 1. The molecule has 5 nitrogen and oxygen atoms in total. The van der Waals surface area contributed by atoms with Gasteiger partial charge in [-0.1, -0.05) is 6.07 Å². The molecule has 98 valence electrons. The standard InChI is InChI=1S/C13H18N2O3/c1-3-18-13(16)11-8-14-7-10(11)9-4-5-12(17-2)15-6-9/h4-6,10-11,14H,3,7-8H2,1-2H3. The van der Waals surface area contributed by atoms with Gasteiger partial charge < -0.3 is 14.8 Å². The van der Waals surface area contributed by atoms with E-state index < -0.39 is 0 Å². The highest BCUT2D eigenvalue weighted by Gasteiger charge is 2.35. The van der Waals surface area contributed by atoms with E-state index in [-0.39, 0.29) is 17.8 Å². The van der Waals surface area contributed by atoms with Crippen LogP contribution in [0.3, 0.4) is 0 Å². The highest BCUT2D eigenvalue weighted by molar-refractivity contribution is 5.74. The van der Waals surface area contributed by atoms with Crippen molar-refractivity contribution in [1.82, 2.24) is 10.3 Å². The van der Waals surface area contributed by atoms with E-state index in [4.69, 9.17) is 9.47 Å². The molecule has 0 aliphatic carbocycles. The molecule has 2 heterocycles. The number of carbonyl (C=O) groups excluding carboxylic acids is 1. The summed E-state index contributed by atoms with van der Waals surface area (Å²) >= 11 is 0. The zero-order chi connectivity index (χ0) is 13.0. The summed E-state index contributed by atoms with van der Waals surface area (Å²) in [5.41, 5.74) is 1.04. The number of esters is 1. The largest absolute Gasteiger partial charge is 0.481 e. The number of nitrogens with one attached hydrogen (secondary N) is 1. The van der Waals surface area contributed by atoms with Crippen LogP contribution in [-0.4, -0.2) is 37.8 Å². The molecule has 1 N–H and O–H groups in total. The van der Waals surface area contributed by atoms with Gasteiger partial charge >= 0.3 is 5.97 Å². The van der Waals surface area contributed by atoms with Crippen LogP contribution < -0.4 is 10.1 Å². The molecule has 1 fully saturated rings. The number of aromatic nitrogens is 1. The molecule has 1 aliphatic rings.